The molecule has 0 amide bonds. The molecule has 0 bridgehead atoms. The lowest BCUT2D eigenvalue weighted by atomic mass is 10.7. The van der Waals surface area contributed by atoms with Gasteiger partial charge in [0, 0.05) is 12.0 Å². The first-order valence-corrected chi connectivity index (χ1v) is 2.76. The van der Waals surface area contributed by atoms with Gasteiger partial charge in [-0.15, -0.1) is 0 Å². The van der Waals surface area contributed by atoms with Gasteiger partial charge in [0.05, 0.1) is 0 Å². The van der Waals surface area contributed by atoms with Crippen molar-refractivity contribution in [3.8, 4) is 6.19 Å². The molecule has 2 nitrogen and oxygen atoms in total. The van der Waals surface area contributed by atoms with Crippen molar-refractivity contribution in [2.24, 2.45) is 0 Å². The van der Waals surface area contributed by atoms with Crippen molar-refractivity contribution in [2.75, 3.05) is 5.75 Å². The van der Waals surface area contributed by atoms with E-state index in [-0.39, 0.29) is 0 Å². The van der Waals surface area contributed by atoms with Gasteiger partial charge in [0.2, 0.25) is 0 Å². The summed E-state index contributed by atoms with van der Waals surface area (Å²) in [6.07, 6.45) is 6.45. The summed E-state index contributed by atoms with van der Waals surface area (Å²) in [6.45, 7) is 0. The second-order valence-corrected chi connectivity index (χ2v) is 1.97. The van der Waals surface area contributed by atoms with E-state index in [0.29, 0.717) is 0 Å². The molecule has 1 radical (unpaired) electrons. The molecule has 0 aromatic rings. The van der Waals surface area contributed by atoms with Crippen LogP contribution in [0.25, 0.3) is 0 Å². The summed E-state index contributed by atoms with van der Waals surface area (Å²) in [6, 6.07) is 0. The van der Waals surface area contributed by atoms with Gasteiger partial charge in [0.15, 0.2) is 6.19 Å². The Morgan fingerprint density at radius 1 is 2.00 bits per heavy atom. The number of nitrogens with zero attached hydrogens (tertiary/aromatic N) is 2. The van der Waals surface area contributed by atoms with E-state index in [1.807, 2.05) is 6.19 Å². The van der Waals surface area contributed by atoms with Gasteiger partial charge in [-0.05, 0) is 18.0 Å². The third-order valence-electron chi connectivity index (χ3n) is 0.594. The molecule has 3 heteroatoms. The third-order valence-corrected chi connectivity index (χ3v) is 1.36. The molecule has 0 atom stereocenters. The molecule has 1 aliphatic heterocycles. The van der Waals surface area contributed by atoms with Gasteiger partial charge in [-0.25, -0.2) is 4.31 Å². The quantitative estimate of drug-likeness (QED) is 0.341. The highest BCUT2D eigenvalue weighted by molar-refractivity contribution is 7.97. The van der Waals surface area contributed by atoms with Gasteiger partial charge >= 0.3 is 0 Å². The Labute approximate surface area is 46.5 Å². The summed E-state index contributed by atoms with van der Waals surface area (Å²) in [5, 5.41) is 8.15. The normalized spacial score (nSPS) is 17.3. The zero-order valence-electron chi connectivity index (χ0n) is 3.59. The minimum absolute atomic E-state index is 0.813. The summed E-state index contributed by atoms with van der Waals surface area (Å²) < 4.78 is 1.47. The van der Waals surface area contributed by atoms with E-state index in [0.717, 1.165) is 5.75 Å². The van der Waals surface area contributed by atoms with Gasteiger partial charge in [0.1, 0.15) is 0 Å². The minimum atomic E-state index is 0.813. The Bertz CT molecular complexity index is 124. The van der Waals surface area contributed by atoms with Crippen molar-refractivity contribution in [1.82, 2.24) is 4.31 Å². The lowest BCUT2D eigenvalue weighted by Crippen LogP contribution is -1.90. The molecule has 1 aliphatic rings. The largest absolute Gasteiger partial charge is 0.228 e. The first-order chi connectivity index (χ1) is 3.43. The Balaban J connectivity index is 2.47. The second kappa shape index (κ2) is 1.90. The van der Waals surface area contributed by atoms with E-state index in [1.54, 1.807) is 6.20 Å². The molecule has 0 fully saturated rings. The highest BCUT2D eigenvalue weighted by atomic mass is 32.2. The Kier molecular flexibility index (Phi) is 1.23. The minimum Gasteiger partial charge on any atom is -0.228 e. The smallest absolute Gasteiger partial charge is 0.194 e. The van der Waals surface area contributed by atoms with E-state index < -0.39 is 0 Å². The lowest BCUT2D eigenvalue weighted by molar-refractivity contribution is 0.890. The molecule has 0 spiro atoms. The molecule has 0 N–H and O–H groups in total. The van der Waals surface area contributed by atoms with Crippen molar-refractivity contribution < 1.29 is 0 Å². The summed E-state index contributed by atoms with van der Waals surface area (Å²) >= 11 is 1.45. The van der Waals surface area contributed by atoms with Gasteiger partial charge in [-0.3, -0.25) is 0 Å². The molecular weight excluding hydrogens is 108 g/mol. The average Bonchev–Trinajstić information content (AvgIpc) is 2.14. The van der Waals surface area contributed by atoms with Crippen LogP contribution in [0.1, 0.15) is 0 Å². The van der Waals surface area contributed by atoms with Gasteiger partial charge < -0.3 is 0 Å². The maximum absolute atomic E-state index is 8.15. The lowest BCUT2D eigenvalue weighted by Gasteiger charge is -1.95. The molecule has 0 aliphatic carbocycles. The van der Waals surface area contributed by atoms with Gasteiger partial charge in [-0.1, -0.05) is 0 Å². The summed E-state index contributed by atoms with van der Waals surface area (Å²) in [5.74, 6) is 0.813. The Morgan fingerprint density at radius 3 is 3.14 bits per heavy atom. The first kappa shape index (κ1) is 4.54. The van der Waals surface area contributed by atoms with E-state index in [4.69, 9.17) is 5.26 Å². The number of hydrogen-bond donors (Lipinski definition) is 0. The number of nitriles is 1. The molecule has 0 unspecified atom stereocenters. The second-order valence-electron chi connectivity index (χ2n) is 1.03. The maximum atomic E-state index is 8.15. The molecule has 0 saturated heterocycles. The van der Waals surface area contributed by atoms with Crippen molar-refractivity contribution >= 4 is 11.9 Å². The molecule has 0 saturated carbocycles. The molecular formula is C4H3N2S. The van der Waals surface area contributed by atoms with E-state index in [2.05, 4.69) is 6.08 Å². The molecule has 1 heterocycles. The van der Waals surface area contributed by atoms with Gasteiger partial charge in [0.25, 0.3) is 0 Å². The molecule has 1 rings (SSSR count). The highest BCUT2D eigenvalue weighted by Gasteiger charge is 2.00. The fraction of sp³-hybridized carbons (Fsp3) is 0.250. The van der Waals surface area contributed by atoms with Crippen LogP contribution in [-0.4, -0.2) is 10.1 Å². The zero-order valence-corrected chi connectivity index (χ0v) is 4.40. The predicted molar refractivity (Wildman–Crippen MR) is 27.7 cm³/mol. The van der Waals surface area contributed by atoms with Crippen molar-refractivity contribution in [1.29, 1.82) is 5.26 Å². The fourth-order valence-electron chi connectivity index (χ4n) is 0.322. The summed E-state index contributed by atoms with van der Waals surface area (Å²) in [5.41, 5.74) is 0. The van der Waals surface area contributed by atoms with Crippen molar-refractivity contribution in [2.45, 2.75) is 0 Å². The van der Waals surface area contributed by atoms with Crippen LogP contribution in [-0.2, 0) is 0 Å². The Hall–Kier alpha value is -0.620. The van der Waals surface area contributed by atoms with E-state index in [9.17, 15) is 0 Å². The van der Waals surface area contributed by atoms with E-state index >= 15 is 0 Å². The fourth-order valence-corrected chi connectivity index (χ4v) is 0.817. The molecule has 7 heavy (non-hydrogen) atoms. The monoisotopic (exact) mass is 111 g/mol. The summed E-state index contributed by atoms with van der Waals surface area (Å²) in [7, 11) is 0. The van der Waals surface area contributed by atoms with Crippen LogP contribution in [0, 0.1) is 17.5 Å². The number of hydrogen-bond acceptors (Lipinski definition) is 3. The third kappa shape index (κ3) is 0.875. The van der Waals surface area contributed by atoms with Crippen LogP contribution in [0.5, 0.6) is 0 Å². The topological polar surface area (TPSA) is 27.0 Å². The van der Waals surface area contributed by atoms with Crippen LogP contribution in [0.4, 0.5) is 0 Å². The maximum Gasteiger partial charge on any atom is 0.194 e. The van der Waals surface area contributed by atoms with Crippen LogP contribution in [0.3, 0.4) is 0 Å². The predicted octanol–water partition coefficient (Wildman–Crippen LogP) is 0.748. The number of rotatable bonds is 0. The van der Waals surface area contributed by atoms with Gasteiger partial charge in [-0.2, -0.15) is 5.26 Å². The van der Waals surface area contributed by atoms with Crippen molar-refractivity contribution in [3.05, 3.63) is 12.3 Å². The van der Waals surface area contributed by atoms with Crippen LogP contribution in [0.2, 0.25) is 0 Å². The molecule has 35 valence electrons. The van der Waals surface area contributed by atoms with E-state index in [1.165, 1.54) is 16.3 Å². The Morgan fingerprint density at radius 2 is 2.86 bits per heavy atom. The molecule has 0 aromatic heterocycles. The van der Waals surface area contributed by atoms with Crippen LogP contribution < -0.4 is 0 Å². The van der Waals surface area contributed by atoms with Crippen LogP contribution >= 0.6 is 11.9 Å². The summed E-state index contributed by atoms with van der Waals surface area (Å²) in [4.78, 5) is 0. The SMILES string of the molecule is N#CN1C=[C]CS1. The first-order valence-electron chi connectivity index (χ1n) is 1.82. The van der Waals surface area contributed by atoms with Crippen LogP contribution in [0.15, 0.2) is 6.20 Å². The average molecular weight is 111 g/mol. The molecule has 0 aromatic carbocycles. The zero-order chi connectivity index (χ0) is 5.11. The van der Waals surface area contributed by atoms with Crippen molar-refractivity contribution in [3.63, 3.8) is 0 Å². The highest BCUT2D eigenvalue weighted by Crippen LogP contribution is 2.13. The standard InChI is InChI=1S/C4H3N2S/c5-4-6-2-1-3-7-6/h2H,3H2.